The molecule has 0 bridgehead atoms. The summed E-state index contributed by atoms with van der Waals surface area (Å²) in [6.07, 6.45) is 4.45. The molecule has 8 nitrogen and oxygen atoms in total. The molecule has 1 amide bonds. The van der Waals surface area contributed by atoms with Crippen LogP contribution in [0.15, 0.2) is 24.4 Å². The SMILES string of the molecule is Cc1cc(CC(C)C)ncc1C1(N)C(=O)C(N)c2c(C(=O)NC3CCCNC3)sc3c(N)ccc1c23. The van der Waals surface area contributed by atoms with Crippen molar-refractivity contribution in [1.29, 1.82) is 0 Å². The number of carbonyl (C=O) groups is 2. The maximum absolute atomic E-state index is 14.0. The van der Waals surface area contributed by atoms with Gasteiger partial charge in [-0.05, 0) is 61.9 Å². The third kappa shape index (κ3) is 3.91. The molecule has 2 aliphatic rings. The van der Waals surface area contributed by atoms with Crippen molar-refractivity contribution in [2.75, 3.05) is 18.8 Å². The second kappa shape index (κ2) is 9.23. The number of nitrogens with zero attached hydrogens (tertiary/aromatic N) is 1. The van der Waals surface area contributed by atoms with Crippen LogP contribution in [-0.2, 0) is 16.8 Å². The van der Waals surface area contributed by atoms with E-state index >= 15 is 0 Å². The van der Waals surface area contributed by atoms with Crippen molar-refractivity contribution in [3.63, 3.8) is 0 Å². The van der Waals surface area contributed by atoms with E-state index in [4.69, 9.17) is 17.2 Å². The van der Waals surface area contributed by atoms with Crippen LogP contribution >= 0.6 is 11.3 Å². The van der Waals surface area contributed by atoms with E-state index in [0.29, 0.717) is 38.6 Å². The summed E-state index contributed by atoms with van der Waals surface area (Å²) < 4.78 is 0.731. The highest BCUT2D eigenvalue weighted by Gasteiger charge is 2.49. The summed E-state index contributed by atoms with van der Waals surface area (Å²) in [5.74, 6) is -0.123. The molecular formula is C27H34N6O2S. The lowest BCUT2D eigenvalue weighted by Crippen LogP contribution is -2.53. The molecule has 0 spiro atoms. The van der Waals surface area contributed by atoms with E-state index in [1.807, 2.05) is 13.0 Å². The van der Waals surface area contributed by atoms with Gasteiger partial charge in [-0.2, -0.15) is 0 Å². The van der Waals surface area contributed by atoms with Gasteiger partial charge >= 0.3 is 0 Å². The van der Waals surface area contributed by atoms with Gasteiger partial charge in [-0.15, -0.1) is 11.3 Å². The average molecular weight is 507 g/mol. The lowest BCUT2D eigenvalue weighted by atomic mass is 9.70. The number of amides is 1. The number of ketones is 1. The molecule has 36 heavy (non-hydrogen) atoms. The first-order chi connectivity index (χ1) is 17.1. The van der Waals surface area contributed by atoms with Crippen molar-refractivity contribution in [3.8, 4) is 0 Å². The normalized spacial score (nSPS) is 23.9. The monoisotopic (exact) mass is 506 g/mol. The number of carbonyl (C=O) groups excluding carboxylic acids is 2. The van der Waals surface area contributed by atoms with Gasteiger partial charge in [0, 0.05) is 46.7 Å². The highest BCUT2D eigenvalue weighted by Crippen LogP contribution is 2.49. The van der Waals surface area contributed by atoms with Gasteiger partial charge in [0.15, 0.2) is 5.78 Å². The zero-order valence-electron chi connectivity index (χ0n) is 21.0. The second-order valence-corrected chi connectivity index (χ2v) is 11.5. The van der Waals surface area contributed by atoms with E-state index in [9.17, 15) is 9.59 Å². The molecule has 5 rings (SSSR count). The molecule has 3 atom stereocenters. The van der Waals surface area contributed by atoms with Gasteiger partial charge in [0.05, 0.1) is 15.6 Å². The standard InChI is InChI=1S/C27H34N6O2S/c1-13(2)9-16-10-14(3)18(12-32-16)27(30)17-6-7-19(28)23-20(17)21(22(29)25(27)34)24(36-23)26(35)33-15-5-4-8-31-11-15/h6-7,10,12-13,15,22,31H,4-5,8-9,11,28-30H2,1-3H3,(H,33,35). The molecule has 3 aromatic rings. The van der Waals surface area contributed by atoms with Crippen molar-refractivity contribution in [3.05, 3.63) is 57.2 Å². The number of aromatic nitrogens is 1. The first-order valence-electron chi connectivity index (χ1n) is 12.5. The van der Waals surface area contributed by atoms with Crippen molar-refractivity contribution in [1.82, 2.24) is 15.6 Å². The van der Waals surface area contributed by atoms with Crippen molar-refractivity contribution in [2.24, 2.45) is 17.4 Å². The van der Waals surface area contributed by atoms with Crippen LogP contribution in [-0.4, -0.2) is 35.8 Å². The largest absolute Gasteiger partial charge is 0.398 e. The first-order valence-corrected chi connectivity index (χ1v) is 13.4. The average Bonchev–Trinajstić information content (AvgIpc) is 3.24. The minimum atomic E-state index is -1.49. The maximum atomic E-state index is 14.0. The van der Waals surface area contributed by atoms with Gasteiger partial charge in [-0.3, -0.25) is 14.6 Å². The van der Waals surface area contributed by atoms with E-state index < -0.39 is 11.6 Å². The highest BCUT2D eigenvalue weighted by molar-refractivity contribution is 7.21. The molecule has 2 aromatic heterocycles. The first kappa shape index (κ1) is 24.8. The summed E-state index contributed by atoms with van der Waals surface area (Å²) in [7, 11) is 0. The number of hydrogen-bond donors (Lipinski definition) is 5. The Morgan fingerprint density at radius 3 is 2.78 bits per heavy atom. The van der Waals surface area contributed by atoms with Crippen LogP contribution in [0.5, 0.6) is 0 Å². The molecule has 190 valence electrons. The van der Waals surface area contributed by atoms with Crippen LogP contribution in [0.25, 0.3) is 10.1 Å². The van der Waals surface area contributed by atoms with Gasteiger partial charge in [0.2, 0.25) is 0 Å². The fourth-order valence-electron chi connectivity index (χ4n) is 5.61. The van der Waals surface area contributed by atoms with Crippen LogP contribution in [0.4, 0.5) is 5.69 Å². The summed E-state index contributed by atoms with van der Waals surface area (Å²) in [4.78, 5) is 32.4. The number of Topliss-reactive ketones (excluding diaryl/α,β-unsaturated/α-hetero) is 1. The van der Waals surface area contributed by atoms with Gasteiger partial charge in [-0.25, -0.2) is 0 Å². The summed E-state index contributed by atoms with van der Waals surface area (Å²) >= 11 is 1.28. The Labute approximate surface area is 215 Å². The predicted octanol–water partition coefficient (Wildman–Crippen LogP) is 2.65. The maximum Gasteiger partial charge on any atom is 0.262 e. The number of nitrogens with two attached hydrogens (primary N) is 3. The van der Waals surface area contributed by atoms with E-state index in [1.54, 1.807) is 18.3 Å². The summed E-state index contributed by atoms with van der Waals surface area (Å²) in [6.45, 7) is 7.89. The quantitative estimate of drug-likeness (QED) is 0.334. The van der Waals surface area contributed by atoms with Crippen LogP contribution in [0.3, 0.4) is 0 Å². The molecule has 9 heteroatoms. The predicted molar refractivity (Wildman–Crippen MR) is 144 cm³/mol. The molecule has 8 N–H and O–H groups in total. The van der Waals surface area contributed by atoms with Gasteiger partial charge in [-0.1, -0.05) is 19.9 Å². The third-order valence-electron chi connectivity index (χ3n) is 7.36. The number of aryl methyl sites for hydroxylation is 1. The van der Waals surface area contributed by atoms with Crippen LogP contribution < -0.4 is 27.8 Å². The minimum absolute atomic E-state index is 0.0303. The molecule has 3 unspecified atom stereocenters. The van der Waals surface area contributed by atoms with Crippen molar-refractivity contribution < 1.29 is 9.59 Å². The van der Waals surface area contributed by atoms with E-state index in [0.717, 1.165) is 48.3 Å². The lowest BCUT2D eigenvalue weighted by Gasteiger charge is -2.37. The molecule has 1 saturated heterocycles. The highest BCUT2D eigenvalue weighted by atomic mass is 32.1. The minimum Gasteiger partial charge on any atom is -0.398 e. The Bertz CT molecular complexity index is 1360. The number of rotatable bonds is 5. The second-order valence-electron chi connectivity index (χ2n) is 10.5. The Balaban J connectivity index is 1.65. The Morgan fingerprint density at radius 2 is 2.11 bits per heavy atom. The molecule has 3 heterocycles. The van der Waals surface area contributed by atoms with Gasteiger partial charge in [0.1, 0.15) is 5.54 Å². The number of pyridine rings is 1. The lowest BCUT2D eigenvalue weighted by molar-refractivity contribution is -0.124. The van der Waals surface area contributed by atoms with Crippen molar-refractivity contribution in [2.45, 2.75) is 57.7 Å². The number of anilines is 1. The van der Waals surface area contributed by atoms with Crippen LogP contribution in [0.2, 0.25) is 0 Å². The number of hydrogen-bond acceptors (Lipinski definition) is 8. The Hall–Kier alpha value is -2.85. The molecule has 0 radical (unpaired) electrons. The summed E-state index contributed by atoms with van der Waals surface area (Å²) in [5.41, 5.74) is 22.6. The molecular weight excluding hydrogens is 472 g/mol. The molecule has 1 aliphatic heterocycles. The number of nitrogens with one attached hydrogen (secondary N) is 2. The molecule has 0 saturated carbocycles. The zero-order valence-corrected chi connectivity index (χ0v) is 21.8. The number of thiophene rings is 1. The number of nitrogen functional groups attached to an aromatic ring is 1. The smallest absolute Gasteiger partial charge is 0.262 e. The third-order valence-corrected chi connectivity index (χ3v) is 8.61. The number of piperidine rings is 1. The van der Waals surface area contributed by atoms with E-state index in [2.05, 4.69) is 29.5 Å². The summed E-state index contributed by atoms with van der Waals surface area (Å²) in [6, 6.07) is 4.52. The van der Waals surface area contributed by atoms with Gasteiger partial charge < -0.3 is 27.8 Å². The van der Waals surface area contributed by atoms with Crippen molar-refractivity contribution >= 4 is 38.8 Å². The Kier molecular flexibility index (Phi) is 6.36. The van der Waals surface area contributed by atoms with Crippen LogP contribution in [0, 0.1) is 12.8 Å². The van der Waals surface area contributed by atoms with E-state index in [1.165, 1.54) is 11.3 Å². The van der Waals surface area contributed by atoms with Crippen LogP contribution in [0.1, 0.15) is 70.4 Å². The molecule has 1 aliphatic carbocycles. The fourth-order valence-corrected chi connectivity index (χ4v) is 6.81. The molecule has 1 fully saturated rings. The van der Waals surface area contributed by atoms with E-state index in [-0.39, 0.29) is 17.7 Å². The summed E-state index contributed by atoms with van der Waals surface area (Å²) in [5, 5.41) is 7.14. The Morgan fingerprint density at radius 1 is 1.33 bits per heavy atom. The zero-order chi connectivity index (χ0) is 25.8. The van der Waals surface area contributed by atoms with Gasteiger partial charge in [0.25, 0.3) is 5.91 Å². The molecule has 1 aromatic carbocycles. The number of benzene rings is 1. The fraction of sp³-hybridized carbons (Fsp3) is 0.444. The topological polar surface area (TPSA) is 149 Å².